The summed E-state index contributed by atoms with van der Waals surface area (Å²) >= 11 is 0. The third-order valence-corrected chi connectivity index (χ3v) is 4.58. The van der Waals surface area contributed by atoms with Gasteiger partial charge in [-0.2, -0.15) is 0 Å². The molecule has 2 fully saturated rings. The van der Waals surface area contributed by atoms with Crippen LogP contribution in [0, 0.1) is 5.92 Å². The number of rotatable bonds is 4. The van der Waals surface area contributed by atoms with Crippen molar-refractivity contribution in [1.82, 2.24) is 0 Å². The van der Waals surface area contributed by atoms with Gasteiger partial charge >= 0.3 is 7.12 Å². The summed E-state index contributed by atoms with van der Waals surface area (Å²) in [5.41, 5.74) is 0.353. The van der Waals surface area contributed by atoms with E-state index in [0.29, 0.717) is 12.5 Å². The van der Waals surface area contributed by atoms with Gasteiger partial charge in [0.05, 0.1) is 31.0 Å². The Balaban J connectivity index is 1.68. The van der Waals surface area contributed by atoms with Crippen LogP contribution in [0.4, 0.5) is 0 Å². The maximum absolute atomic E-state index is 6.07. The van der Waals surface area contributed by atoms with Crippen molar-refractivity contribution in [2.45, 2.75) is 38.9 Å². The first-order chi connectivity index (χ1) is 9.87. The Kier molecular flexibility index (Phi) is 3.76. The van der Waals surface area contributed by atoms with Gasteiger partial charge in [-0.05, 0) is 45.3 Å². The van der Waals surface area contributed by atoms with Crippen LogP contribution < -0.4 is 10.2 Å². The van der Waals surface area contributed by atoms with E-state index in [2.05, 4.69) is 27.7 Å². The molecule has 0 amide bonds. The molecule has 0 atom stereocenters. The molecule has 2 saturated heterocycles. The smallest absolute Gasteiger partial charge is 0.493 e. The zero-order valence-corrected chi connectivity index (χ0v) is 13.2. The quantitative estimate of drug-likeness (QED) is 0.795. The fourth-order valence-corrected chi connectivity index (χ4v) is 2.32. The Labute approximate surface area is 126 Å². The summed E-state index contributed by atoms with van der Waals surface area (Å²) in [4.78, 5) is 0. The molecule has 21 heavy (non-hydrogen) atoms. The van der Waals surface area contributed by atoms with Crippen LogP contribution in [0.15, 0.2) is 24.3 Å². The molecule has 0 saturated carbocycles. The Bertz CT molecular complexity index is 495. The average molecular weight is 290 g/mol. The largest absolute Gasteiger partial charge is 0.494 e. The minimum atomic E-state index is -0.342. The number of hydrogen-bond acceptors (Lipinski definition) is 4. The molecule has 0 aliphatic carbocycles. The fraction of sp³-hybridized carbons (Fsp3) is 0.625. The Morgan fingerprint density at radius 1 is 1.14 bits per heavy atom. The van der Waals surface area contributed by atoms with Crippen LogP contribution in [0.2, 0.25) is 0 Å². The van der Waals surface area contributed by atoms with E-state index in [4.69, 9.17) is 18.8 Å². The van der Waals surface area contributed by atoms with Gasteiger partial charge in [0.15, 0.2) is 0 Å². The topological polar surface area (TPSA) is 36.9 Å². The van der Waals surface area contributed by atoms with Crippen molar-refractivity contribution < 1.29 is 18.8 Å². The van der Waals surface area contributed by atoms with E-state index in [9.17, 15) is 0 Å². The summed E-state index contributed by atoms with van der Waals surface area (Å²) < 4.78 is 23.1. The molecule has 2 heterocycles. The molecule has 0 unspecified atom stereocenters. The molecule has 1 aromatic carbocycles. The monoisotopic (exact) mass is 290 g/mol. The molecule has 114 valence electrons. The van der Waals surface area contributed by atoms with Gasteiger partial charge < -0.3 is 18.8 Å². The number of ether oxygens (including phenoxy) is 2. The number of benzene rings is 1. The zero-order chi connectivity index (χ0) is 15.1. The summed E-state index contributed by atoms with van der Waals surface area (Å²) in [6.07, 6.45) is 0. The maximum atomic E-state index is 6.07. The second-order valence-corrected chi connectivity index (χ2v) is 6.88. The van der Waals surface area contributed by atoms with Gasteiger partial charge in [0.25, 0.3) is 0 Å². The van der Waals surface area contributed by atoms with Crippen LogP contribution >= 0.6 is 0 Å². The second-order valence-electron chi connectivity index (χ2n) is 6.88. The van der Waals surface area contributed by atoms with Crippen molar-refractivity contribution in [2.75, 3.05) is 19.8 Å². The summed E-state index contributed by atoms with van der Waals surface area (Å²) in [6, 6.07) is 7.96. The van der Waals surface area contributed by atoms with Crippen LogP contribution in [-0.2, 0) is 14.0 Å². The Morgan fingerprint density at radius 2 is 1.81 bits per heavy atom. The van der Waals surface area contributed by atoms with Crippen LogP contribution in [0.1, 0.15) is 27.7 Å². The highest BCUT2D eigenvalue weighted by molar-refractivity contribution is 6.62. The zero-order valence-electron chi connectivity index (χ0n) is 13.2. The first-order valence-electron chi connectivity index (χ1n) is 7.53. The lowest BCUT2D eigenvalue weighted by Gasteiger charge is -2.32. The first-order valence-corrected chi connectivity index (χ1v) is 7.53. The van der Waals surface area contributed by atoms with Gasteiger partial charge in [0.1, 0.15) is 5.75 Å². The van der Waals surface area contributed by atoms with Gasteiger partial charge in [-0.25, -0.2) is 0 Å². The lowest BCUT2D eigenvalue weighted by Crippen LogP contribution is -2.41. The highest BCUT2D eigenvalue weighted by Gasteiger charge is 2.51. The molecule has 0 bridgehead atoms. The van der Waals surface area contributed by atoms with Crippen molar-refractivity contribution in [3.8, 4) is 5.75 Å². The number of hydrogen-bond donors (Lipinski definition) is 0. The van der Waals surface area contributed by atoms with E-state index in [1.807, 2.05) is 24.3 Å². The summed E-state index contributed by atoms with van der Waals surface area (Å²) in [5.74, 6) is 1.37. The predicted molar refractivity (Wildman–Crippen MR) is 82.0 cm³/mol. The molecule has 0 N–H and O–H groups in total. The van der Waals surface area contributed by atoms with Crippen molar-refractivity contribution in [1.29, 1.82) is 0 Å². The molecule has 0 spiro atoms. The minimum absolute atomic E-state index is 0.322. The standard InChI is InChI=1S/C16H23BO4/c1-15(2)16(3,4)21-17(20-15)13-6-5-7-14(8-13)19-11-12-9-18-10-12/h5-8,12H,9-11H2,1-4H3. The van der Waals surface area contributed by atoms with E-state index in [1.165, 1.54) is 0 Å². The van der Waals surface area contributed by atoms with E-state index in [-0.39, 0.29) is 18.3 Å². The molecule has 5 heteroatoms. The maximum Gasteiger partial charge on any atom is 0.494 e. The highest BCUT2D eigenvalue weighted by Crippen LogP contribution is 2.36. The molecule has 2 aliphatic heterocycles. The fourth-order valence-electron chi connectivity index (χ4n) is 2.32. The van der Waals surface area contributed by atoms with Gasteiger partial charge in [-0.15, -0.1) is 0 Å². The third-order valence-electron chi connectivity index (χ3n) is 4.58. The molecule has 0 radical (unpaired) electrons. The van der Waals surface area contributed by atoms with Crippen LogP contribution in [0.3, 0.4) is 0 Å². The summed E-state index contributed by atoms with van der Waals surface area (Å²) in [7, 11) is -0.342. The first kappa shape index (κ1) is 14.9. The highest BCUT2D eigenvalue weighted by atomic mass is 16.7. The predicted octanol–water partition coefficient (Wildman–Crippen LogP) is 2.01. The lowest BCUT2D eigenvalue weighted by molar-refractivity contribution is -0.0508. The van der Waals surface area contributed by atoms with Crippen LogP contribution in [0.25, 0.3) is 0 Å². The second kappa shape index (κ2) is 5.31. The van der Waals surface area contributed by atoms with Crippen molar-refractivity contribution in [2.24, 2.45) is 5.92 Å². The average Bonchev–Trinajstić information content (AvgIpc) is 2.57. The molecular weight excluding hydrogens is 267 g/mol. The van der Waals surface area contributed by atoms with Crippen molar-refractivity contribution in [3.05, 3.63) is 24.3 Å². The van der Waals surface area contributed by atoms with Crippen LogP contribution in [0.5, 0.6) is 5.75 Å². The van der Waals surface area contributed by atoms with E-state index in [0.717, 1.165) is 24.4 Å². The normalized spacial score (nSPS) is 23.9. The van der Waals surface area contributed by atoms with Crippen LogP contribution in [-0.4, -0.2) is 38.1 Å². The molecule has 4 nitrogen and oxygen atoms in total. The van der Waals surface area contributed by atoms with E-state index >= 15 is 0 Å². The molecule has 0 aromatic heterocycles. The van der Waals surface area contributed by atoms with Gasteiger partial charge in [0.2, 0.25) is 0 Å². The molecule has 3 rings (SSSR count). The Hall–Kier alpha value is -1.04. The summed E-state index contributed by atoms with van der Waals surface area (Å²) in [6.45, 7) is 10.5. The van der Waals surface area contributed by atoms with Crippen molar-refractivity contribution in [3.63, 3.8) is 0 Å². The Morgan fingerprint density at radius 3 is 2.38 bits per heavy atom. The molecule has 1 aromatic rings. The van der Waals surface area contributed by atoms with Gasteiger partial charge in [-0.1, -0.05) is 12.1 Å². The van der Waals surface area contributed by atoms with Gasteiger partial charge in [0, 0.05) is 5.92 Å². The summed E-state index contributed by atoms with van der Waals surface area (Å²) in [5, 5.41) is 0. The SMILES string of the molecule is CC1(C)OB(c2cccc(OCC3COC3)c2)OC1(C)C. The lowest BCUT2D eigenvalue weighted by atomic mass is 9.79. The van der Waals surface area contributed by atoms with E-state index in [1.54, 1.807) is 0 Å². The minimum Gasteiger partial charge on any atom is -0.493 e. The molecule has 2 aliphatic rings. The van der Waals surface area contributed by atoms with Crippen molar-refractivity contribution >= 4 is 12.6 Å². The van der Waals surface area contributed by atoms with E-state index < -0.39 is 0 Å². The molecular formula is C16H23BO4. The van der Waals surface area contributed by atoms with Gasteiger partial charge in [-0.3, -0.25) is 0 Å². The third kappa shape index (κ3) is 2.96.